The molecule has 2 aromatic heterocycles. The van der Waals surface area contributed by atoms with Crippen molar-refractivity contribution in [3.8, 4) is 5.75 Å². The van der Waals surface area contributed by atoms with E-state index in [1.807, 2.05) is 18.2 Å². The number of rotatable bonds is 6. The summed E-state index contributed by atoms with van der Waals surface area (Å²) in [6.07, 6.45) is 8.87. The fourth-order valence-corrected chi connectivity index (χ4v) is 5.43. The van der Waals surface area contributed by atoms with Crippen LogP contribution < -0.4 is 9.64 Å². The van der Waals surface area contributed by atoms with Crippen molar-refractivity contribution < 1.29 is 13.2 Å². The summed E-state index contributed by atoms with van der Waals surface area (Å²) in [5, 5.41) is 0.551. The third-order valence-electron chi connectivity index (χ3n) is 6.41. The van der Waals surface area contributed by atoms with Gasteiger partial charge < -0.3 is 9.64 Å². The summed E-state index contributed by atoms with van der Waals surface area (Å²) in [6, 6.07) is 3.89. The summed E-state index contributed by atoms with van der Waals surface area (Å²) >= 11 is 5.86. The molecule has 1 saturated carbocycles. The topological polar surface area (TPSA) is 88.5 Å². The van der Waals surface area contributed by atoms with Gasteiger partial charge >= 0.3 is 0 Å². The molecule has 0 amide bonds. The van der Waals surface area contributed by atoms with E-state index in [2.05, 4.69) is 19.9 Å². The Morgan fingerprint density at radius 3 is 2.45 bits per heavy atom. The van der Waals surface area contributed by atoms with Crippen molar-refractivity contribution in [2.75, 3.05) is 43.9 Å². The molecule has 1 aliphatic carbocycles. The summed E-state index contributed by atoms with van der Waals surface area (Å²) in [5.41, 5.74) is 1.95. The molecular weight excluding hydrogens is 438 g/mol. The van der Waals surface area contributed by atoms with Gasteiger partial charge in [0.1, 0.15) is 5.75 Å². The van der Waals surface area contributed by atoms with Gasteiger partial charge in [0.05, 0.1) is 42.2 Å². The van der Waals surface area contributed by atoms with Crippen molar-refractivity contribution in [2.24, 2.45) is 17.8 Å². The number of fused-ring (bicyclic) bond motifs is 1. The molecule has 0 bridgehead atoms. The average molecular weight is 462 g/mol. The van der Waals surface area contributed by atoms with E-state index in [0.717, 1.165) is 36.1 Å². The maximum atomic E-state index is 11.6. The van der Waals surface area contributed by atoms with Gasteiger partial charge in [-0.3, -0.25) is 4.98 Å². The first-order chi connectivity index (χ1) is 14.9. The zero-order valence-electron chi connectivity index (χ0n) is 17.2. The molecule has 3 atom stereocenters. The van der Waals surface area contributed by atoms with Crippen molar-refractivity contribution in [3.63, 3.8) is 0 Å². The molecule has 1 saturated heterocycles. The Morgan fingerprint density at radius 1 is 1.13 bits per heavy atom. The van der Waals surface area contributed by atoms with Gasteiger partial charge in [-0.05, 0) is 36.0 Å². The number of pyridine rings is 1. The number of hydrogen-bond acceptors (Lipinski definition) is 7. The Hall–Kier alpha value is -2.23. The van der Waals surface area contributed by atoms with E-state index in [9.17, 15) is 8.42 Å². The van der Waals surface area contributed by atoms with Gasteiger partial charge in [-0.15, -0.1) is 0 Å². The molecule has 164 valence electrons. The lowest BCUT2D eigenvalue weighted by Gasteiger charge is -2.23. The van der Waals surface area contributed by atoms with E-state index < -0.39 is 10.0 Å². The fraction of sp³-hybridized carbons (Fsp3) is 0.476. The van der Waals surface area contributed by atoms with Gasteiger partial charge in [0.25, 0.3) is 0 Å². The van der Waals surface area contributed by atoms with Gasteiger partial charge in [-0.25, -0.2) is 18.4 Å². The van der Waals surface area contributed by atoms with Crippen molar-refractivity contribution in [3.05, 3.63) is 47.5 Å². The van der Waals surface area contributed by atoms with Crippen LogP contribution in [0.3, 0.4) is 0 Å². The second-order valence-electron chi connectivity index (χ2n) is 8.39. The lowest BCUT2D eigenvalue weighted by atomic mass is 10.1. The molecule has 0 N–H and O–H groups in total. The van der Waals surface area contributed by atoms with E-state index in [-0.39, 0.29) is 0 Å². The first-order valence-electron chi connectivity index (χ1n) is 10.3. The largest absolute Gasteiger partial charge is 0.492 e. The molecule has 2 unspecified atom stereocenters. The molecule has 0 spiro atoms. The monoisotopic (exact) mass is 461 g/mol. The minimum absolute atomic E-state index is 0.399. The van der Waals surface area contributed by atoms with Crippen molar-refractivity contribution in [1.29, 1.82) is 0 Å². The van der Waals surface area contributed by atoms with Crippen LogP contribution in [0.5, 0.6) is 5.75 Å². The first-order valence-corrected chi connectivity index (χ1v) is 12.6. The number of piperidine rings is 1. The Balaban J connectivity index is 1.11. The van der Waals surface area contributed by atoms with Crippen LogP contribution in [0, 0.1) is 17.8 Å². The van der Waals surface area contributed by atoms with Crippen LogP contribution >= 0.6 is 11.6 Å². The minimum Gasteiger partial charge on any atom is -0.492 e. The van der Waals surface area contributed by atoms with Gasteiger partial charge in [0.2, 0.25) is 16.0 Å². The highest BCUT2D eigenvalue weighted by Gasteiger charge is 2.56. The highest BCUT2D eigenvalue weighted by Crippen LogP contribution is 2.52. The van der Waals surface area contributed by atoms with E-state index in [1.54, 1.807) is 18.6 Å². The van der Waals surface area contributed by atoms with Crippen molar-refractivity contribution >= 4 is 33.1 Å². The zero-order valence-corrected chi connectivity index (χ0v) is 18.8. The standard InChI is InChI=1S/C21H24ClN5O3S/c1-31(28,29)27-6-4-14(5-7-27)20-3-2-16(10-23-20)30-13-19-17-11-26(12-18(17)19)21-24-8-15(22)9-25-21/h2-4,8-10,17-19H,5-7,11-13H2,1H3/t17-,18?,19?/m1/s1. The molecule has 0 aromatic carbocycles. The zero-order chi connectivity index (χ0) is 21.6. The number of hydrogen-bond donors (Lipinski definition) is 0. The Labute approximate surface area is 187 Å². The van der Waals surface area contributed by atoms with Crippen LogP contribution in [0.1, 0.15) is 12.1 Å². The molecule has 2 fully saturated rings. The highest BCUT2D eigenvalue weighted by atomic mass is 35.5. The lowest BCUT2D eigenvalue weighted by molar-refractivity contribution is 0.282. The quantitative estimate of drug-likeness (QED) is 0.652. The Kier molecular flexibility index (Phi) is 5.35. The molecule has 3 aliphatic rings. The summed E-state index contributed by atoms with van der Waals surface area (Å²) in [5.74, 6) is 3.31. The molecule has 10 heteroatoms. The van der Waals surface area contributed by atoms with Gasteiger partial charge in [-0.1, -0.05) is 17.7 Å². The summed E-state index contributed by atoms with van der Waals surface area (Å²) in [6.45, 7) is 3.49. The molecule has 0 radical (unpaired) electrons. The van der Waals surface area contributed by atoms with E-state index >= 15 is 0 Å². The number of anilines is 1. The predicted octanol–water partition coefficient (Wildman–Crippen LogP) is 2.33. The van der Waals surface area contributed by atoms with Crippen LogP contribution in [0.4, 0.5) is 5.95 Å². The van der Waals surface area contributed by atoms with Crippen LogP contribution in [-0.4, -0.2) is 66.7 Å². The average Bonchev–Trinajstić information content (AvgIpc) is 3.21. The summed E-state index contributed by atoms with van der Waals surface area (Å²) in [4.78, 5) is 15.3. The van der Waals surface area contributed by atoms with Gasteiger partial charge in [0, 0.05) is 32.1 Å². The van der Waals surface area contributed by atoms with Gasteiger partial charge in [0.15, 0.2) is 0 Å². The third-order valence-corrected chi connectivity index (χ3v) is 7.87. The lowest BCUT2D eigenvalue weighted by Crippen LogP contribution is -2.33. The summed E-state index contributed by atoms with van der Waals surface area (Å²) < 4.78 is 30.7. The van der Waals surface area contributed by atoms with Crippen LogP contribution in [-0.2, 0) is 10.0 Å². The van der Waals surface area contributed by atoms with E-state index in [4.69, 9.17) is 16.3 Å². The molecular formula is C21H24ClN5O3S. The van der Waals surface area contributed by atoms with Crippen molar-refractivity contribution in [1.82, 2.24) is 19.3 Å². The second-order valence-corrected chi connectivity index (χ2v) is 10.8. The Morgan fingerprint density at radius 2 is 1.87 bits per heavy atom. The number of aromatic nitrogens is 3. The number of nitrogens with zero attached hydrogens (tertiary/aromatic N) is 5. The Bertz CT molecular complexity index is 1080. The number of halogens is 1. The molecule has 4 heterocycles. The fourth-order valence-electron chi connectivity index (χ4n) is 4.56. The normalized spacial score (nSPS) is 25.8. The minimum atomic E-state index is -3.14. The molecule has 8 nitrogen and oxygen atoms in total. The number of ether oxygens (including phenoxy) is 1. The SMILES string of the molecule is CS(=O)(=O)N1CC=C(c2ccc(OCC3C4CN(c5ncc(Cl)cn5)C[C@@H]34)cn2)CC1. The van der Waals surface area contributed by atoms with Crippen LogP contribution in [0.15, 0.2) is 36.8 Å². The number of sulfonamides is 1. The molecule has 2 aromatic rings. The maximum Gasteiger partial charge on any atom is 0.225 e. The van der Waals surface area contributed by atoms with Gasteiger partial charge in [-0.2, -0.15) is 4.31 Å². The van der Waals surface area contributed by atoms with Crippen LogP contribution in [0.2, 0.25) is 5.02 Å². The predicted molar refractivity (Wildman–Crippen MR) is 118 cm³/mol. The van der Waals surface area contributed by atoms with Crippen LogP contribution in [0.25, 0.3) is 5.57 Å². The van der Waals surface area contributed by atoms with E-state index in [0.29, 0.717) is 48.9 Å². The molecule has 31 heavy (non-hydrogen) atoms. The molecule has 2 aliphatic heterocycles. The summed E-state index contributed by atoms with van der Waals surface area (Å²) in [7, 11) is -3.14. The maximum absolute atomic E-state index is 11.6. The van der Waals surface area contributed by atoms with Crippen molar-refractivity contribution in [2.45, 2.75) is 6.42 Å². The highest BCUT2D eigenvalue weighted by molar-refractivity contribution is 7.88. The third kappa shape index (κ3) is 4.40. The van der Waals surface area contributed by atoms with E-state index in [1.165, 1.54) is 10.6 Å². The smallest absolute Gasteiger partial charge is 0.225 e. The molecule has 5 rings (SSSR count). The first kappa shape index (κ1) is 20.7. The second kappa shape index (κ2) is 8.03.